The number of halogens is 14. The Bertz CT molecular complexity index is 2530. The van der Waals surface area contributed by atoms with Gasteiger partial charge in [0.05, 0.1) is 22.3 Å². The van der Waals surface area contributed by atoms with Crippen LogP contribution in [0.5, 0.6) is 0 Å². The Balaban J connectivity index is 0.000000268. The van der Waals surface area contributed by atoms with Crippen LogP contribution in [0.25, 0.3) is 46.6 Å². The third kappa shape index (κ3) is 14.9. The number of rotatable bonds is 4. The van der Waals surface area contributed by atoms with Crippen LogP contribution in [0.4, 0.5) is 52.7 Å². The van der Waals surface area contributed by atoms with Gasteiger partial charge in [0, 0.05) is 0 Å². The molecule has 0 atom stereocenters. The van der Waals surface area contributed by atoms with E-state index < -0.39 is 47.0 Å². The zero-order valence-electron chi connectivity index (χ0n) is 37.6. The molecule has 0 nitrogen and oxygen atoms in total. The van der Waals surface area contributed by atoms with Crippen molar-refractivity contribution in [2.24, 2.45) is 11.8 Å². The maximum absolute atomic E-state index is 13.3. The third-order valence-corrected chi connectivity index (χ3v) is 12.0. The molecule has 4 aliphatic carbocycles. The minimum absolute atomic E-state index is 0. The Morgan fingerprint density at radius 1 is 0.485 bits per heavy atom. The van der Waals surface area contributed by atoms with Crippen molar-refractivity contribution in [3.05, 3.63) is 138 Å². The van der Waals surface area contributed by atoms with Crippen molar-refractivity contribution in [1.29, 1.82) is 0 Å². The molecule has 2 fully saturated rings. The summed E-state index contributed by atoms with van der Waals surface area (Å²) in [5.41, 5.74) is -1.09. The zero-order valence-corrected chi connectivity index (χ0v) is 42.6. The molecular formula is C52H48Cl2F12SiZr-2. The number of hydrogen-bond donors (Lipinski definition) is 0. The standard InChI is InChI=1S/2C25H21F6.C2H6Si.2ClH.Zr/c2*1-15-7-8-21(18-12-19(24(26,27)28)14-20(13-18)25(29,30)31)23-11-17(10-22(15)23)9-16-5-3-2-4-6-16;1-3-2;;;/h2*7-9,11-14,16H,2-6H2,1H3;1-2H3;2*1H;/q2*-1;;;;+2/p-2. The average Bonchev–Trinajstić information content (AvgIpc) is 3.86. The molecule has 0 heterocycles. The van der Waals surface area contributed by atoms with Crippen molar-refractivity contribution >= 4 is 29.7 Å². The second-order valence-corrected chi connectivity index (χ2v) is 27.0. The molecule has 4 aromatic rings. The molecule has 0 radical (unpaired) electrons. The van der Waals surface area contributed by atoms with Gasteiger partial charge in [-0.2, -0.15) is 52.7 Å². The molecule has 0 N–H and O–H groups in total. The van der Waals surface area contributed by atoms with Crippen molar-refractivity contribution < 1.29 is 101 Å². The Hall–Kier alpha value is -3.32. The van der Waals surface area contributed by atoms with Crippen LogP contribution in [0.2, 0.25) is 13.1 Å². The fourth-order valence-electron chi connectivity index (χ4n) is 8.77. The van der Waals surface area contributed by atoms with Gasteiger partial charge in [-0.25, -0.2) is 0 Å². The van der Waals surface area contributed by atoms with Crippen LogP contribution in [0.3, 0.4) is 0 Å². The minimum atomic E-state index is -4.88. The first-order chi connectivity index (χ1) is 30.8. The van der Waals surface area contributed by atoms with Crippen LogP contribution in [-0.4, -0.2) is 5.43 Å². The molecule has 0 aromatic heterocycles. The topological polar surface area (TPSA) is 0 Å². The van der Waals surface area contributed by atoms with Crippen LogP contribution >= 0.6 is 0 Å². The summed E-state index contributed by atoms with van der Waals surface area (Å²) >= 11 is 1.74. The van der Waals surface area contributed by atoms with Gasteiger partial charge < -0.3 is 24.8 Å². The van der Waals surface area contributed by atoms with Crippen molar-refractivity contribution in [2.45, 2.75) is 116 Å². The van der Waals surface area contributed by atoms with Gasteiger partial charge in [-0.15, -0.1) is 79.6 Å². The molecule has 0 unspecified atom stereocenters. The van der Waals surface area contributed by atoms with E-state index in [0.29, 0.717) is 33.4 Å². The van der Waals surface area contributed by atoms with Crippen LogP contribution in [0.1, 0.15) is 97.6 Å². The van der Waals surface area contributed by atoms with E-state index in [1.807, 2.05) is 26.0 Å². The molecule has 0 aliphatic heterocycles. The van der Waals surface area contributed by atoms with Gasteiger partial charge in [-0.05, 0) is 59.4 Å². The van der Waals surface area contributed by atoms with Gasteiger partial charge >= 0.3 is 66.6 Å². The first-order valence-corrected chi connectivity index (χ1v) is 28.0. The monoisotopic (exact) mass is 1090 g/mol. The van der Waals surface area contributed by atoms with Gasteiger partial charge in [0.25, 0.3) is 0 Å². The van der Waals surface area contributed by atoms with Crippen LogP contribution in [0.15, 0.2) is 84.0 Å². The largest absolute Gasteiger partial charge is 1.00 e. The molecule has 4 aromatic carbocycles. The van der Waals surface area contributed by atoms with E-state index in [1.54, 1.807) is 47.6 Å². The van der Waals surface area contributed by atoms with E-state index >= 15 is 0 Å². The number of fused-ring (bicyclic) bond motifs is 2. The van der Waals surface area contributed by atoms with E-state index in [0.717, 1.165) is 108 Å². The summed E-state index contributed by atoms with van der Waals surface area (Å²) in [6.07, 6.45) is 6.49. The van der Waals surface area contributed by atoms with Gasteiger partial charge in [0.15, 0.2) is 0 Å². The summed E-state index contributed by atoms with van der Waals surface area (Å²) in [6.45, 7) is 8.34. The van der Waals surface area contributed by atoms with Gasteiger partial charge in [-0.1, -0.05) is 113 Å². The quantitative estimate of drug-likeness (QED) is 0.110. The first-order valence-electron chi connectivity index (χ1n) is 21.8. The summed E-state index contributed by atoms with van der Waals surface area (Å²) in [4.78, 5) is 0. The van der Waals surface area contributed by atoms with Crippen LogP contribution < -0.4 is 45.7 Å². The normalized spacial score (nSPS) is 17.4. The zero-order chi connectivity index (χ0) is 48.4. The molecular weight excluding hydrogens is 1040 g/mol. The summed E-state index contributed by atoms with van der Waals surface area (Å²) < 4.78 is 160. The Kier molecular flexibility index (Phi) is 19.6. The number of benzene rings is 4. The maximum Gasteiger partial charge on any atom is 0.416 e. The van der Waals surface area contributed by atoms with Crippen LogP contribution in [-0.2, 0) is 48.0 Å². The average molecular weight is 1090 g/mol. The Labute approximate surface area is 416 Å². The summed E-state index contributed by atoms with van der Waals surface area (Å²) in [7, 11) is 0. The van der Waals surface area contributed by atoms with Gasteiger partial charge in [0.2, 0.25) is 0 Å². The van der Waals surface area contributed by atoms with E-state index in [9.17, 15) is 52.7 Å². The molecule has 0 amide bonds. The SMILES string of the molecule is C[Si](C)=[Zr+2].Cc1ccc(-c2cc(C(F)(F)F)cc(C(F)(F)F)c2)c2c1=[C-]C(=CC1CCCCC1)C=2.Cc1ccc(-c2cc(C(F)(F)F)cc(C(F)(F)F)c2)c2c1=[C-]C(=CC1CCCCC1)C=2.[Cl-].[Cl-]. The molecule has 364 valence electrons. The van der Waals surface area contributed by atoms with E-state index in [2.05, 4.69) is 37.4 Å². The number of aryl methyl sites for hydroxylation is 2. The molecule has 0 spiro atoms. The molecule has 0 bridgehead atoms. The van der Waals surface area contributed by atoms with E-state index in [4.69, 9.17) is 0 Å². The molecule has 2 saturated carbocycles. The Morgan fingerprint density at radius 3 is 1.03 bits per heavy atom. The molecule has 4 aliphatic rings. The molecule has 8 rings (SSSR count). The van der Waals surface area contributed by atoms with E-state index in [-0.39, 0.29) is 53.5 Å². The fourth-order valence-corrected chi connectivity index (χ4v) is 8.77. The minimum Gasteiger partial charge on any atom is -1.00 e. The van der Waals surface area contributed by atoms with E-state index in [1.165, 1.54) is 12.8 Å². The Morgan fingerprint density at radius 2 is 0.765 bits per heavy atom. The van der Waals surface area contributed by atoms with Crippen LogP contribution in [0, 0.1) is 25.7 Å². The third-order valence-electron chi connectivity index (χ3n) is 12.0. The number of hydrogen-bond acceptors (Lipinski definition) is 0. The number of alkyl halides is 12. The van der Waals surface area contributed by atoms with Crippen molar-refractivity contribution in [3.8, 4) is 22.3 Å². The summed E-state index contributed by atoms with van der Waals surface area (Å²) in [6, 6.07) is 10.1. The van der Waals surface area contributed by atoms with Crippen molar-refractivity contribution in [2.75, 3.05) is 0 Å². The second-order valence-electron chi connectivity index (χ2n) is 17.6. The smallest absolute Gasteiger partial charge is 0.416 e. The fraction of sp³-hybridized carbons (Fsp3) is 0.385. The predicted octanol–water partition coefficient (Wildman–Crippen LogP) is 8.11. The summed E-state index contributed by atoms with van der Waals surface area (Å²) in [5, 5.41) is 2.69. The number of allylic oxidation sites excluding steroid dienone is 4. The molecule has 0 saturated heterocycles. The second kappa shape index (κ2) is 23.3. The van der Waals surface area contributed by atoms with Gasteiger partial charge in [0.1, 0.15) is 0 Å². The molecule has 16 heteroatoms. The first kappa shape index (κ1) is 57.3. The maximum atomic E-state index is 13.3. The van der Waals surface area contributed by atoms with Crippen molar-refractivity contribution in [3.63, 3.8) is 0 Å². The van der Waals surface area contributed by atoms with Crippen molar-refractivity contribution in [1.82, 2.24) is 0 Å². The summed E-state index contributed by atoms with van der Waals surface area (Å²) in [5.74, 6) is 0.854. The predicted molar refractivity (Wildman–Crippen MR) is 234 cm³/mol. The molecule has 68 heavy (non-hydrogen) atoms. The van der Waals surface area contributed by atoms with Gasteiger partial charge in [-0.3, -0.25) is 0 Å².